The zero-order valence-electron chi connectivity index (χ0n) is 11.8. The summed E-state index contributed by atoms with van der Waals surface area (Å²) in [6.45, 7) is 4.52. The molecule has 1 aromatic carbocycles. The summed E-state index contributed by atoms with van der Waals surface area (Å²) < 4.78 is 0. The van der Waals surface area contributed by atoms with Gasteiger partial charge < -0.3 is 5.11 Å². The molecule has 1 aromatic rings. The molecule has 19 heavy (non-hydrogen) atoms. The highest BCUT2D eigenvalue weighted by molar-refractivity contribution is 5.85. The predicted octanol–water partition coefficient (Wildman–Crippen LogP) is 3.80. The first-order valence-electron chi connectivity index (χ1n) is 7.30. The van der Waals surface area contributed by atoms with E-state index in [0.29, 0.717) is 6.04 Å². The van der Waals surface area contributed by atoms with Crippen molar-refractivity contribution in [1.82, 2.24) is 4.90 Å². The first-order valence-corrected chi connectivity index (χ1v) is 7.30. The highest BCUT2D eigenvalue weighted by Crippen LogP contribution is 2.27. The van der Waals surface area contributed by atoms with Crippen molar-refractivity contribution in [2.75, 3.05) is 13.1 Å². The molecule has 0 spiro atoms. The summed E-state index contributed by atoms with van der Waals surface area (Å²) in [4.78, 5) is 2.48. The second kappa shape index (κ2) is 8.57. The molecule has 0 aliphatic carbocycles. The number of rotatable bonds is 6. The third kappa shape index (κ3) is 4.48. The fourth-order valence-electron chi connectivity index (χ4n) is 2.90. The molecule has 2 nitrogen and oxygen atoms in total. The Morgan fingerprint density at radius 1 is 1.16 bits per heavy atom. The largest absolute Gasteiger partial charge is 0.387 e. The molecule has 0 amide bonds. The molecule has 1 aliphatic heterocycles. The molecule has 2 atom stereocenters. The van der Waals surface area contributed by atoms with Crippen LogP contribution in [0, 0.1) is 0 Å². The lowest BCUT2D eigenvalue weighted by molar-refractivity contribution is 0.0550. The zero-order valence-corrected chi connectivity index (χ0v) is 12.6. The van der Waals surface area contributed by atoms with Gasteiger partial charge in [0.1, 0.15) is 0 Å². The van der Waals surface area contributed by atoms with Crippen molar-refractivity contribution >= 4 is 12.4 Å². The molecule has 0 radical (unpaired) electrons. The monoisotopic (exact) mass is 283 g/mol. The summed E-state index contributed by atoms with van der Waals surface area (Å²) in [7, 11) is 0. The van der Waals surface area contributed by atoms with Crippen LogP contribution >= 0.6 is 12.4 Å². The molecular formula is C16H26ClNO. The van der Waals surface area contributed by atoms with Gasteiger partial charge >= 0.3 is 0 Å². The van der Waals surface area contributed by atoms with Gasteiger partial charge in [0.05, 0.1) is 6.10 Å². The average molecular weight is 284 g/mol. The zero-order chi connectivity index (χ0) is 12.8. The van der Waals surface area contributed by atoms with E-state index < -0.39 is 0 Å². The van der Waals surface area contributed by atoms with Gasteiger partial charge in [0.15, 0.2) is 0 Å². The molecule has 1 aliphatic rings. The third-order valence-electron chi connectivity index (χ3n) is 3.97. The molecule has 0 aromatic heterocycles. The van der Waals surface area contributed by atoms with Gasteiger partial charge in [-0.2, -0.15) is 0 Å². The van der Waals surface area contributed by atoms with Crippen molar-refractivity contribution in [3.8, 4) is 0 Å². The fourth-order valence-corrected chi connectivity index (χ4v) is 2.90. The van der Waals surface area contributed by atoms with Crippen LogP contribution in [0.1, 0.15) is 50.7 Å². The number of benzene rings is 1. The van der Waals surface area contributed by atoms with Crippen LogP contribution in [0.2, 0.25) is 0 Å². The van der Waals surface area contributed by atoms with E-state index in [1.807, 2.05) is 30.3 Å². The Labute approximate surface area is 123 Å². The van der Waals surface area contributed by atoms with Crippen LogP contribution < -0.4 is 0 Å². The lowest BCUT2D eigenvalue weighted by Gasteiger charge is -2.32. The van der Waals surface area contributed by atoms with Crippen LogP contribution in [-0.2, 0) is 0 Å². The van der Waals surface area contributed by atoms with Crippen molar-refractivity contribution < 1.29 is 5.11 Å². The van der Waals surface area contributed by atoms with E-state index in [4.69, 9.17) is 0 Å². The van der Waals surface area contributed by atoms with E-state index in [0.717, 1.165) is 25.1 Å². The Kier molecular flexibility index (Phi) is 7.44. The van der Waals surface area contributed by atoms with Crippen LogP contribution in [0.3, 0.4) is 0 Å². The molecule has 1 fully saturated rings. The summed E-state index contributed by atoms with van der Waals surface area (Å²) in [5, 5.41) is 10.6. The average Bonchev–Trinajstić information content (AvgIpc) is 2.94. The minimum absolute atomic E-state index is 0. The molecule has 108 valence electrons. The first-order chi connectivity index (χ1) is 8.83. The predicted molar refractivity (Wildman–Crippen MR) is 82.8 cm³/mol. The van der Waals surface area contributed by atoms with Crippen LogP contribution in [0.15, 0.2) is 30.3 Å². The molecule has 1 N–H and O–H groups in total. The van der Waals surface area contributed by atoms with E-state index in [9.17, 15) is 5.11 Å². The van der Waals surface area contributed by atoms with Gasteiger partial charge in [0.2, 0.25) is 0 Å². The Morgan fingerprint density at radius 2 is 1.79 bits per heavy atom. The number of nitrogens with zero attached hydrogens (tertiary/aromatic N) is 1. The first kappa shape index (κ1) is 16.5. The van der Waals surface area contributed by atoms with Gasteiger partial charge in [-0.05, 0) is 37.9 Å². The van der Waals surface area contributed by atoms with E-state index >= 15 is 0 Å². The highest BCUT2D eigenvalue weighted by Gasteiger charge is 2.28. The van der Waals surface area contributed by atoms with Crippen molar-refractivity contribution in [2.24, 2.45) is 0 Å². The molecule has 0 saturated carbocycles. The van der Waals surface area contributed by atoms with Gasteiger partial charge in [-0.1, -0.05) is 50.1 Å². The summed E-state index contributed by atoms with van der Waals surface area (Å²) in [5.41, 5.74) is 1.06. The lowest BCUT2D eigenvalue weighted by Crippen LogP contribution is -2.37. The van der Waals surface area contributed by atoms with E-state index in [1.165, 1.54) is 25.7 Å². The summed E-state index contributed by atoms with van der Waals surface area (Å²) in [5.74, 6) is 0. The Bertz CT molecular complexity index is 338. The van der Waals surface area contributed by atoms with Crippen LogP contribution in [0.25, 0.3) is 0 Å². The Hall–Kier alpha value is -0.570. The van der Waals surface area contributed by atoms with Gasteiger partial charge in [-0.25, -0.2) is 0 Å². The molecule has 0 bridgehead atoms. The van der Waals surface area contributed by atoms with Crippen LogP contribution in [0.4, 0.5) is 0 Å². The molecule has 2 rings (SSSR count). The summed E-state index contributed by atoms with van der Waals surface area (Å²) >= 11 is 0. The van der Waals surface area contributed by atoms with E-state index in [-0.39, 0.29) is 18.5 Å². The standard InChI is InChI=1S/C16H25NO.ClH/c1-2-3-11-15(17-12-7-8-13-17)16(18)14-9-5-4-6-10-14;/h4-6,9-10,15-16,18H,2-3,7-8,11-13H2,1H3;1H. The summed E-state index contributed by atoms with van der Waals surface area (Å²) in [6.07, 6.45) is 5.73. The number of halogens is 1. The second-order valence-corrected chi connectivity index (χ2v) is 5.31. The number of aliphatic hydroxyl groups excluding tert-OH is 1. The van der Waals surface area contributed by atoms with Crippen molar-refractivity contribution in [2.45, 2.75) is 51.2 Å². The smallest absolute Gasteiger partial charge is 0.0945 e. The minimum atomic E-state index is -0.337. The van der Waals surface area contributed by atoms with Gasteiger partial charge in [0, 0.05) is 6.04 Å². The quantitative estimate of drug-likeness (QED) is 0.858. The number of hydrogen-bond acceptors (Lipinski definition) is 2. The minimum Gasteiger partial charge on any atom is -0.387 e. The van der Waals surface area contributed by atoms with Gasteiger partial charge in [-0.15, -0.1) is 12.4 Å². The van der Waals surface area contributed by atoms with Gasteiger partial charge in [-0.3, -0.25) is 4.90 Å². The number of hydrogen-bond donors (Lipinski definition) is 1. The topological polar surface area (TPSA) is 23.5 Å². The maximum atomic E-state index is 10.6. The lowest BCUT2D eigenvalue weighted by atomic mass is 9.96. The normalized spacial score (nSPS) is 18.8. The Balaban J connectivity index is 0.00000180. The van der Waals surface area contributed by atoms with Crippen LogP contribution in [-0.4, -0.2) is 29.1 Å². The molecule has 3 heteroatoms. The maximum Gasteiger partial charge on any atom is 0.0945 e. The molecule has 2 unspecified atom stereocenters. The SMILES string of the molecule is CCCCC(C(O)c1ccccc1)N1CCCC1.Cl. The number of unbranched alkanes of at least 4 members (excludes halogenated alkanes) is 1. The van der Waals surface area contributed by atoms with Gasteiger partial charge in [0.25, 0.3) is 0 Å². The third-order valence-corrected chi connectivity index (χ3v) is 3.97. The number of aliphatic hydroxyl groups is 1. The summed E-state index contributed by atoms with van der Waals surface area (Å²) in [6, 6.07) is 10.4. The van der Waals surface area contributed by atoms with E-state index in [1.54, 1.807) is 0 Å². The maximum absolute atomic E-state index is 10.6. The highest BCUT2D eigenvalue weighted by atomic mass is 35.5. The molecule has 1 heterocycles. The second-order valence-electron chi connectivity index (χ2n) is 5.31. The van der Waals surface area contributed by atoms with Crippen molar-refractivity contribution in [1.29, 1.82) is 0 Å². The van der Waals surface area contributed by atoms with Crippen molar-refractivity contribution in [3.63, 3.8) is 0 Å². The molecule has 1 saturated heterocycles. The molecular weight excluding hydrogens is 258 g/mol. The van der Waals surface area contributed by atoms with Crippen molar-refractivity contribution in [3.05, 3.63) is 35.9 Å². The van der Waals surface area contributed by atoms with Crippen LogP contribution in [0.5, 0.6) is 0 Å². The number of likely N-dealkylation sites (tertiary alicyclic amines) is 1. The Morgan fingerprint density at radius 3 is 2.37 bits per heavy atom. The fraction of sp³-hybridized carbons (Fsp3) is 0.625. The van der Waals surface area contributed by atoms with E-state index in [2.05, 4.69) is 11.8 Å².